The molecule has 0 spiro atoms. The van der Waals surface area contributed by atoms with Gasteiger partial charge in [-0.3, -0.25) is 0 Å². The van der Waals surface area contributed by atoms with Gasteiger partial charge in [0.05, 0.1) is 5.69 Å². The lowest BCUT2D eigenvalue weighted by molar-refractivity contribution is -0.137. The minimum Gasteiger partial charge on any atom is -0.350 e. The number of nitrogens with one attached hydrogen (secondary N) is 3. The van der Waals surface area contributed by atoms with Gasteiger partial charge in [-0.05, 0) is 31.5 Å². The molecule has 0 amide bonds. The van der Waals surface area contributed by atoms with E-state index >= 15 is 0 Å². The maximum atomic E-state index is 13.6. The number of anilines is 1. The number of nitrogens with zero attached hydrogens (tertiary/aromatic N) is 4. The van der Waals surface area contributed by atoms with Gasteiger partial charge in [-0.1, -0.05) is 0 Å². The molecule has 3 aromatic rings. The van der Waals surface area contributed by atoms with Crippen molar-refractivity contribution in [3.8, 4) is 17.3 Å². The number of hydrogen-bond acceptors (Lipinski definition) is 6. The van der Waals surface area contributed by atoms with Crippen LogP contribution in [0.5, 0.6) is 0 Å². The lowest BCUT2D eigenvalue weighted by Crippen LogP contribution is -2.38. The van der Waals surface area contributed by atoms with Crippen LogP contribution in [0.25, 0.3) is 22.3 Å². The summed E-state index contributed by atoms with van der Waals surface area (Å²) in [5, 5.41) is 15.7. The van der Waals surface area contributed by atoms with Crippen LogP contribution in [0, 0.1) is 11.3 Å². The van der Waals surface area contributed by atoms with Crippen LogP contribution in [0.15, 0.2) is 24.5 Å². The number of fused-ring (bicyclic) bond motifs is 1. The van der Waals surface area contributed by atoms with Crippen molar-refractivity contribution in [2.75, 3.05) is 18.4 Å². The van der Waals surface area contributed by atoms with Gasteiger partial charge in [0.1, 0.15) is 23.0 Å². The molecule has 0 bridgehead atoms. The fourth-order valence-electron chi connectivity index (χ4n) is 3.28. The fraction of sp³-hybridized carbons (Fsp3) is 0.333. The van der Waals surface area contributed by atoms with Crippen molar-refractivity contribution in [3.63, 3.8) is 0 Å². The molecule has 3 N–H and O–H groups in total. The van der Waals surface area contributed by atoms with E-state index in [1.807, 2.05) is 6.07 Å². The summed E-state index contributed by atoms with van der Waals surface area (Å²) >= 11 is 0. The molecule has 0 radical (unpaired) electrons. The largest absolute Gasteiger partial charge is 0.419 e. The number of nitriles is 1. The number of piperidine rings is 1. The highest BCUT2D eigenvalue weighted by molar-refractivity contribution is 5.93. The molecule has 144 valence electrons. The highest BCUT2D eigenvalue weighted by Crippen LogP contribution is 2.38. The predicted molar refractivity (Wildman–Crippen MR) is 96.4 cm³/mol. The van der Waals surface area contributed by atoms with Crippen molar-refractivity contribution in [2.45, 2.75) is 25.1 Å². The minimum absolute atomic E-state index is 0.0566. The van der Waals surface area contributed by atoms with Crippen LogP contribution in [-0.4, -0.2) is 39.1 Å². The van der Waals surface area contributed by atoms with Crippen molar-refractivity contribution < 1.29 is 13.2 Å². The summed E-state index contributed by atoms with van der Waals surface area (Å²) in [6.45, 7) is 1.62. The average molecular weight is 387 g/mol. The molecule has 3 aromatic heterocycles. The Morgan fingerprint density at radius 2 is 2.11 bits per heavy atom. The molecule has 10 heteroatoms. The van der Waals surface area contributed by atoms with Crippen LogP contribution in [0.3, 0.4) is 0 Å². The Morgan fingerprint density at radius 1 is 1.25 bits per heavy atom. The van der Waals surface area contributed by atoms with E-state index in [-0.39, 0.29) is 28.9 Å². The van der Waals surface area contributed by atoms with E-state index in [2.05, 4.69) is 30.6 Å². The van der Waals surface area contributed by atoms with E-state index in [1.165, 1.54) is 12.3 Å². The molecule has 0 saturated carbocycles. The zero-order valence-electron chi connectivity index (χ0n) is 14.6. The van der Waals surface area contributed by atoms with Crippen LogP contribution in [0.1, 0.15) is 24.1 Å². The van der Waals surface area contributed by atoms with E-state index in [1.54, 1.807) is 6.07 Å². The number of aromatic nitrogens is 4. The summed E-state index contributed by atoms with van der Waals surface area (Å²) in [6.07, 6.45) is -0.524. The second-order valence-corrected chi connectivity index (χ2v) is 6.55. The first kappa shape index (κ1) is 18.2. The topological polar surface area (TPSA) is 102 Å². The Balaban J connectivity index is 1.79. The molecular formula is C18H16F3N7. The first-order chi connectivity index (χ1) is 13.5. The quantitative estimate of drug-likeness (QED) is 0.638. The van der Waals surface area contributed by atoms with Gasteiger partial charge in [0.25, 0.3) is 0 Å². The molecule has 1 fully saturated rings. The van der Waals surface area contributed by atoms with Gasteiger partial charge < -0.3 is 15.6 Å². The maximum absolute atomic E-state index is 13.6. The standard InChI is InChI=1S/C18H16F3N7/c19-18(20,21)14-9-25-17(27-11-2-1-5-23-7-11)28-15(14)13-8-24-16-12(13)4-3-10(6-22)26-16/h3-4,8-9,11,23H,1-2,5,7H2,(H,24,26)(H,25,27,28)/t11-/m1/s1. The van der Waals surface area contributed by atoms with Gasteiger partial charge in [0.2, 0.25) is 5.95 Å². The number of rotatable bonds is 3. The lowest BCUT2D eigenvalue weighted by atomic mass is 10.1. The molecule has 1 saturated heterocycles. The van der Waals surface area contributed by atoms with Crippen molar-refractivity contribution in [1.82, 2.24) is 25.3 Å². The molecular weight excluding hydrogens is 371 g/mol. The van der Waals surface area contributed by atoms with Gasteiger partial charge in [-0.15, -0.1) is 0 Å². The molecule has 0 aliphatic carbocycles. The van der Waals surface area contributed by atoms with Gasteiger partial charge in [-0.25, -0.2) is 15.0 Å². The molecule has 28 heavy (non-hydrogen) atoms. The SMILES string of the molecule is N#Cc1ccc2c(-c3nc(N[C@@H]4CCCNC4)ncc3C(F)(F)F)c[nH]c2n1. The molecule has 0 aromatic carbocycles. The van der Waals surface area contributed by atoms with Crippen molar-refractivity contribution in [1.29, 1.82) is 5.26 Å². The molecule has 4 heterocycles. The molecule has 0 unspecified atom stereocenters. The summed E-state index contributed by atoms with van der Waals surface area (Å²) in [6, 6.07) is 4.98. The van der Waals surface area contributed by atoms with Crippen LogP contribution >= 0.6 is 0 Å². The molecule has 1 aliphatic rings. The second-order valence-electron chi connectivity index (χ2n) is 6.55. The van der Waals surface area contributed by atoms with Crippen molar-refractivity contribution in [2.24, 2.45) is 0 Å². The summed E-state index contributed by atoms with van der Waals surface area (Å²) < 4.78 is 40.7. The zero-order chi connectivity index (χ0) is 19.7. The van der Waals surface area contributed by atoms with E-state index in [4.69, 9.17) is 5.26 Å². The van der Waals surface area contributed by atoms with Crippen LogP contribution in [0.4, 0.5) is 19.1 Å². The number of aromatic amines is 1. The molecule has 7 nitrogen and oxygen atoms in total. The molecule has 1 aliphatic heterocycles. The Morgan fingerprint density at radius 3 is 2.82 bits per heavy atom. The number of hydrogen-bond donors (Lipinski definition) is 3. The van der Waals surface area contributed by atoms with E-state index < -0.39 is 11.7 Å². The van der Waals surface area contributed by atoms with Crippen LogP contribution < -0.4 is 10.6 Å². The van der Waals surface area contributed by atoms with Gasteiger partial charge in [0.15, 0.2) is 0 Å². The third-order valence-electron chi connectivity index (χ3n) is 4.63. The third kappa shape index (κ3) is 3.48. The number of halogens is 3. The Hall–Kier alpha value is -3.19. The summed E-state index contributed by atoms with van der Waals surface area (Å²) in [5.74, 6) is 0.146. The van der Waals surface area contributed by atoms with Crippen LogP contribution in [0.2, 0.25) is 0 Å². The average Bonchev–Trinajstić information content (AvgIpc) is 3.11. The number of H-pyrrole nitrogens is 1. The lowest BCUT2D eigenvalue weighted by Gasteiger charge is -2.24. The fourth-order valence-corrected chi connectivity index (χ4v) is 3.28. The first-order valence-electron chi connectivity index (χ1n) is 8.76. The normalized spacial score (nSPS) is 17.4. The minimum atomic E-state index is -4.61. The predicted octanol–water partition coefficient (Wildman–Crippen LogP) is 3.07. The first-order valence-corrected chi connectivity index (χ1v) is 8.76. The zero-order valence-corrected chi connectivity index (χ0v) is 14.6. The smallest absolute Gasteiger partial charge is 0.350 e. The van der Waals surface area contributed by atoms with E-state index in [0.717, 1.165) is 25.6 Å². The number of pyridine rings is 1. The van der Waals surface area contributed by atoms with Crippen molar-refractivity contribution in [3.05, 3.63) is 35.8 Å². The monoisotopic (exact) mass is 387 g/mol. The maximum Gasteiger partial charge on any atom is 0.419 e. The Kier molecular flexibility index (Phi) is 4.60. The highest BCUT2D eigenvalue weighted by atomic mass is 19.4. The van der Waals surface area contributed by atoms with E-state index in [9.17, 15) is 13.2 Å². The Bertz CT molecular complexity index is 1050. The molecule has 1 atom stereocenters. The highest BCUT2D eigenvalue weighted by Gasteiger charge is 2.36. The summed E-state index contributed by atoms with van der Waals surface area (Å²) in [4.78, 5) is 15.0. The summed E-state index contributed by atoms with van der Waals surface area (Å²) in [5.41, 5.74) is -0.401. The van der Waals surface area contributed by atoms with Crippen molar-refractivity contribution >= 4 is 17.0 Å². The number of alkyl halides is 3. The third-order valence-corrected chi connectivity index (χ3v) is 4.63. The van der Waals surface area contributed by atoms with Gasteiger partial charge >= 0.3 is 6.18 Å². The Labute approximate surface area is 158 Å². The molecule has 4 rings (SSSR count). The summed E-state index contributed by atoms with van der Waals surface area (Å²) in [7, 11) is 0. The van der Waals surface area contributed by atoms with E-state index in [0.29, 0.717) is 17.6 Å². The van der Waals surface area contributed by atoms with Gasteiger partial charge in [0, 0.05) is 35.9 Å². The van der Waals surface area contributed by atoms with Gasteiger partial charge in [-0.2, -0.15) is 18.4 Å². The second kappa shape index (κ2) is 7.09. The van der Waals surface area contributed by atoms with Crippen LogP contribution in [-0.2, 0) is 6.18 Å².